The van der Waals surface area contributed by atoms with Crippen molar-refractivity contribution in [2.75, 3.05) is 13.2 Å². The van der Waals surface area contributed by atoms with Gasteiger partial charge in [-0.3, -0.25) is 9.59 Å². The third kappa shape index (κ3) is 3.28. The van der Waals surface area contributed by atoms with Gasteiger partial charge in [-0.25, -0.2) is 0 Å². The molecule has 0 spiro atoms. The topological polar surface area (TPSA) is 72.6 Å². The van der Waals surface area contributed by atoms with Crippen molar-refractivity contribution >= 4 is 23.2 Å². The lowest BCUT2D eigenvalue weighted by Gasteiger charge is -2.35. The van der Waals surface area contributed by atoms with Crippen LogP contribution in [0.1, 0.15) is 40.2 Å². The van der Waals surface area contributed by atoms with E-state index in [1.165, 1.54) is 10.4 Å². The summed E-state index contributed by atoms with van der Waals surface area (Å²) in [5, 5.41) is 2.10. The van der Waals surface area contributed by atoms with Gasteiger partial charge in [0.05, 0.1) is 6.04 Å². The fraction of sp³-hybridized carbons (Fsp3) is 0.333. The highest BCUT2D eigenvalue weighted by molar-refractivity contribution is 7.10. The molecule has 126 valence electrons. The second kappa shape index (κ2) is 7.05. The molecule has 5 nitrogen and oxygen atoms in total. The van der Waals surface area contributed by atoms with Crippen LogP contribution in [0.15, 0.2) is 35.7 Å². The number of hydrogen-bond donors (Lipinski definition) is 1. The Hall–Kier alpha value is -2.34. The number of primary amides is 1. The molecule has 0 unspecified atom stereocenters. The van der Waals surface area contributed by atoms with E-state index in [0.29, 0.717) is 11.3 Å². The van der Waals surface area contributed by atoms with Crippen LogP contribution in [0.25, 0.3) is 0 Å². The summed E-state index contributed by atoms with van der Waals surface area (Å²) >= 11 is 1.77. The predicted octanol–water partition coefficient (Wildman–Crippen LogP) is 2.76. The number of hydrogen-bond acceptors (Lipinski definition) is 4. The van der Waals surface area contributed by atoms with Gasteiger partial charge in [-0.05, 0) is 54.1 Å². The summed E-state index contributed by atoms with van der Waals surface area (Å²) < 4.78 is 5.23. The van der Waals surface area contributed by atoms with Crippen molar-refractivity contribution < 1.29 is 14.3 Å². The Kier molecular flexibility index (Phi) is 4.85. The summed E-state index contributed by atoms with van der Waals surface area (Å²) in [6.07, 6.45) is 1.81. The molecule has 2 amide bonds. The van der Waals surface area contributed by atoms with Gasteiger partial charge < -0.3 is 15.4 Å². The van der Waals surface area contributed by atoms with Gasteiger partial charge in [0.15, 0.2) is 6.61 Å². The normalized spacial score (nSPS) is 16.5. The average molecular weight is 344 g/mol. The van der Waals surface area contributed by atoms with Crippen molar-refractivity contribution in [2.45, 2.75) is 25.8 Å². The van der Waals surface area contributed by atoms with Crippen LogP contribution in [0.3, 0.4) is 0 Å². The standard InChI is InChI=1S/C18H20N2O3S/c1-2-15-14-8-10-24-16(14)7-9-20(15)18(22)12-3-5-13(6-4-12)23-11-17(19)21/h3-6,8,10,15H,2,7,9,11H2,1H3,(H2,19,21)/t15-/m1/s1. The zero-order valence-electron chi connectivity index (χ0n) is 13.5. The number of ether oxygens (including phenoxy) is 1. The number of fused-ring (bicyclic) bond motifs is 1. The molecule has 1 aliphatic heterocycles. The number of carbonyl (C=O) groups excluding carboxylic acids is 2. The lowest BCUT2D eigenvalue weighted by atomic mass is 9.97. The first kappa shape index (κ1) is 16.5. The van der Waals surface area contributed by atoms with Gasteiger partial charge in [-0.15, -0.1) is 11.3 Å². The number of rotatable bonds is 5. The van der Waals surface area contributed by atoms with E-state index in [1.54, 1.807) is 35.6 Å². The lowest BCUT2D eigenvalue weighted by Crippen LogP contribution is -2.39. The van der Waals surface area contributed by atoms with Gasteiger partial charge in [-0.2, -0.15) is 0 Å². The molecule has 0 saturated heterocycles. The van der Waals surface area contributed by atoms with Gasteiger partial charge in [-0.1, -0.05) is 6.92 Å². The molecule has 2 N–H and O–H groups in total. The maximum atomic E-state index is 12.9. The van der Waals surface area contributed by atoms with Crippen molar-refractivity contribution in [2.24, 2.45) is 5.73 Å². The van der Waals surface area contributed by atoms with E-state index >= 15 is 0 Å². The maximum Gasteiger partial charge on any atom is 0.255 e. The fourth-order valence-electron chi connectivity index (χ4n) is 3.09. The molecule has 0 aliphatic carbocycles. The summed E-state index contributed by atoms with van der Waals surface area (Å²) in [4.78, 5) is 27.0. The number of carbonyl (C=O) groups is 2. The predicted molar refractivity (Wildman–Crippen MR) is 93.2 cm³/mol. The lowest BCUT2D eigenvalue weighted by molar-refractivity contribution is -0.119. The monoisotopic (exact) mass is 344 g/mol. The molecule has 1 aliphatic rings. The van der Waals surface area contributed by atoms with E-state index in [0.717, 1.165) is 19.4 Å². The van der Waals surface area contributed by atoms with Gasteiger partial charge >= 0.3 is 0 Å². The molecule has 2 aromatic rings. The second-order valence-corrected chi connectivity index (χ2v) is 6.75. The average Bonchev–Trinajstić information content (AvgIpc) is 3.07. The number of benzene rings is 1. The first-order valence-electron chi connectivity index (χ1n) is 7.98. The minimum atomic E-state index is -0.527. The van der Waals surface area contributed by atoms with Crippen LogP contribution in [-0.2, 0) is 11.2 Å². The van der Waals surface area contributed by atoms with E-state index in [-0.39, 0.29) is 18.6 Å². The van der Waals surface area contributed by atoms with Crippen molar-refractivity contribution in [1.29, 1.82) is 0 Å². The smallest absolute Gasteiger partial charge is 0.255 e. The Balaban J connectivity index is 1.75. The Labute approximate surface area is 145 Å². The molecule has 3 rings (SSSR count). The number of amides is 2. The highest BCUT2D eigenvalue weighted by Crippen LogP contribution is 2.36. The number of nitrogens with zero attached hydrogens (tertiary/aromatic N) is 1. The molecule has 24 heavy (non-hydrogen) atoms. The Morgan fingerprint density at radius 1 is 1.29 bits per heavy atom. The SMILES string of the molecule is CC[C@@H]1c2ccsc2CCN1C(=O)c1ccc(OCC(N)=O)cc1. The summed E-state index contributed by atoms with van der Waals surface area (Å²) in [6, 6.07) is 9.12. The Bertz CT molecular complexity index is 739. The van der Waals surface area contributed by atoms with Crippen LogP contribution >= 0.6 is 11.3 Å². The summed E-state index contributed by atoms with van der Waals surface area (Å²) in [5.41, 5.74) is 6.96. The van der Waals surface area contributed by atoms with Gasteiger partial charge in [0, 0.05) is 17.0 Å². The molecule has 6 heteroatoms. The van der Waals surface area contributed by atoms with Crippen LogP contribution < -0.4 is 10.5 Å². The maximum absolute atomic E-state index is 12.9. The van der Waals surface area contributed by atoms with Gasteiger partial charge in [0.25, 0.3) is 11.8 Å². The molecule has 2 heterocycles. The van der Waals surface area contributed by atoms with E-state index in [9.17, 15) is 9.59 Å². The molecule has 0 radical (unpaired) electrons. The largest absolute Gasteiger partial charge is 0.484 e. The van der Waals surface area contributed by atoms with Crippen LogP contribution in [0.2, 0.25) is 0 Å². The fourth-order valence-corrected chi connectivity index (χ4v) is 4.02. The second-order valence-electron chi connectivity index (χ2n) is 5.75. The molecular formula is C18H20N2O3S. The number of thiophene rings is 1. The van der Waals surface area contributed by atoms with E-state index in [1.807, 2.05) is 4.90 Å². The van der Waals surface area contributed by atoms with Crippen molar-refractivity contribution in [3.05, 3.63) is 51.7 Å². The van der Waals surface area contributed by atoms with Crippen molar-refractivity contribution in [1.82, 2.24) is 4.90 Å². The van der Waals surface area contributed by atoms with E-state index in [2.05, 4.69) is 18.4 Å². The third-order valence-electron chi connectivity index (χ3n) is 4.22. The molecule has 1 aromatic heterocycles. The van der Waals surface area contributed by atoms with Crippen molar-refractivity contribution in [3.63, 3.8) is 0 Å². The molecular weight excluding hydrogens is 324 g/mol. The quantitative estimate of drug-likeness (QED) is 0.906. The summed E-state index contributed by atoms with van der Waals surface area (Å²) in [6.45, 7) is 2.68. The first-order chi connectivity index (χ1) is 11.6. The molecule has 0 bridgehead atoms. The van der Waals surface area contributed by atoms with Crippen molar-refractivity contribution in [3.8, 4) is 5.75 Å². The van der Waals surface area contributed by atoms with Crippen LogP contribution in [-0.4, -0.2) is 29.9 Å². The molecule has 1 atom stereocenters. The number of nitrogens with two attached hydrogens (primary N) is 1. The minimum Gasteiger partial charge on any atom is -0.484 e. The highest BCUT2D eigenvalue weighted by atomic mass is 32.1. The highest BCUT2D eigenvalue weighted by Gasteiger charge is 2.30. The van der Waals surface area contributed by atoms with E-state index in [4.69, 9.17) is 10.5 Å². The summed E-state index contributed by atoms with van der Waals surface area (Å²) in [5.74, 6) is 0.0251. The zero-order valence-corrected chi connectivity index (χ0v) is 14.3. The first-order valence-corrected chi connectivity index (χ1v) is 8.86. The third-order valence-corrected chi connectivity index (χ3v) is 5.22. The Morgan fingerprint density at radius 3 is 2.71 bits per heavy atom. The van der Waals surface area contributed by atoms with Crippen LogP contribution in [0.5, 0.6) is 5.75 Å². The van der Waals surface area contributed by atoms with Gasteiger partial charge in [0.2, 0.25) is 0 Å². The van der Waals surface area contributed by atoms with E-state index < -0.39 is 5.91 Å². The van der Waals surface area contributed by atoms with Gasteiger partial charge in [0.1, 0.15) is 5.75 Å². The minimum absolute atomic E-state index is 0.0279. The Morgan fingerprint density at radius 2 is 2.04 bits per heavy atom. The summed E-state index contributed by atoms with van der Waals surface area (Å²) in [7, 11) is 0. The molecule has 1 aromatic carbocycles. The van der Waals surface area contributed by atoms with Crippen LogP contribution in [0, 0.1) is 0 Å². The van der Waals surface area contributed by atoms with Crippen LogP contribution in [0.4, 0.5) is 0 Å². The zero-order chi connectivity index (χ0) is 17.1. The molecule has 0 saturated carbocycles. The molecule has 0 fully saturated rings.